The zero-order valence-electron chi connectivity index (χ0n) is 17.1. The van der Waals surface area contributed by atoms with E-state index in [0.29, 0.717) is 11.5 Å². The smallest absolute Gasteiger partial charge is 0.270 e. The number of ether oxygens (including phenoxy) is 1. The van der Waals surface area contributed by atoms with Crippen LogP contribution in [-0.4, -0.2) is 15.9 Å². The van der Waals surface area contributed by atoms with Gasteiger partial charge >= 0.3 is 0 Å². The van der Waals surface area contributed by atoms with Crippen LogP contribution in [0.1, 0.15) is 27.3 Å². The number of hydrogen-bond acceptors (Lipinski definition) is 4. The monoisotopic (exact) mass is 425 g/mol. The Morgan fingerprint density at radius 1 is 0.875 bits per heavy atom. The molecule has 4 aromatic rings. The van der Waals surface area contributed by atoms with Crippen LogP contribution in [0.5, 0.6) is 11.5 Å². The van der Waals surface area contributed by atoms with Gasteiger partial charge in [-0.25, -0.2) is 4.39 Å². The Labute approximate surface area is 185 Å². The molecule has 0 aliphatic rings. The molecule has 0 saturated carbocycles. The maximum Gasteiger partial charge on any atom is 0.270 e. The second-order valence-electron chi connectivity index (χ2n) is 6.94. The molecule has 2 aromatic carbocycles. The third-order valence-corrected chi connectivity index (χ3v) is 4.58. The van der Waals surface area contributed by atoms with Gasteiger partial charge in [0, 0.05) is 25.0 Å². The highest BCUT2D eigenvalue weighted by Gasteiger charge is 2.09. The normalized spacial score (nSPS) is 10.8. The van der Waals surface area contributed by atoms with Crippen LogP contribution in [0.3, 0.4) is 0 Å². The minimum atomic E-state index is -0.338. The number of amides is 1. The van der Waals surface area contributed by atoms with Crippen molar-refractivity contribution in [1.29, 1.82) is 0 Å². The molecule has 158 valence electrons. The third-order valence-electron chi connectivity index (χ3n) is 4.58. The second kappa shape index (κ2) is 10.1. The summed E-state index contributed by atoms with van der Waals surface area (Å²) < 4.78 is 18.9. The fourth-order valence-electron chi connectivity index (χ4n) is 2.91. The van der Waals surface area contributed by atoms with Crippen LogP contribution in [0.15, 0.2) is 91.3 Å². The Hall–Kier alpha value is -4.32. The van der Waals surface area contributed by atoms with E-state index in [-0.39, 0.29) is 24.0 Å². The molecular weight excluding hydrogens is 405 g/mol. The van der Waals surface area contributed by atoms with Crippen molar-refractivity contribution in [3.05, 3.63) is 120 Å². The summed E-state index contributed by atoms with van der Waals surface area (Å²) in [5.74, 6) is 0.492. The van der Waals surface area contributed by atoms with E-state index in [9.17, 15) is 9.18 Å². The molecule has 0 unspecified atom stereocenters. The molecule has 0 aliphatic carbocycles. The van der Waals surface area contributed by atoms with Crippen molar-refractivity contribution < 1.29 is 13.9 Å². The number of carbonyl (C=O) groups excluding carboxylic acids is 1. The number of carbonyl (C=O) groups is 1. The fourth-order valence-corrected chi connectivity index (χ4v) is 2.91. The van der Waals surface area contributed by atoms with Crippen LogP contribution in [-0.2, 0) is 6.54 Å². The lowest BCUT2D eigenvalue weighted by Gasteiger charge is -2.08. The Morgan fingerprint density at radius 2 is 1.69 bits per heavy atom. The Bertz CT molecular complexity index is 1210. The molecular formula is C26H20FN3O2. The van der Waals surface area contributed by atoms with Crippen molar-refractivity contribution in [2.45, 2.75) is 6.54 Å². The summed E-state index contributed by atoms with van der Waals surface area (Å²) in [5, 5.41) is 2.77. The standard InChI is InChI=1S/C26H20FN3O2/c27-21-9-4-20(5-10-21)18-30-26(31)25-17-24(14-16-29-25)32-23-12-7-19(8-13-23)6-11-22-3-1-2-15-28-22/h1-17H,18H2,(H,30,31)/b11-6+. The number of nitrogens with zero attached hydrogens (tertiary/aromatic N) is 2. The summed E-state index contributed by atoms with van der Waals surface area (Å²) in [6, 6.07) is 22.6. The van der Waals surface area contributed by atoms with Crippen LogP contribution >= 0.6 is 0 Å². The van der Waals surface area contributed by atoms with Gasteiger partial charge in [-0.3, -0.25) is 14.8 Å². The van der Waals surface area contributed by atoms with E-state index in [4.69, 9.17) is 4.74 Å². The van der Waals surface area contributed by atoms with Crippen LogP contribution in [0.25, 0.3) is 12.2 Å². The van der Waals surface area contributed by atoms with E-state index >= 15 is 0 Å². The molecule has 0 atom stereocenters. The first-order valence-electron chi connectivity index (χ1n) is 10.0. The number of aromatic nitrogens is 2. The predicted molar refractivity (Wildman–Crippen MR) is 121 cm³/mol. The highest BCUT2D eigenvalue weighted by Crippen LogP contribution is 2.22. The minimum Gasteiger partial charge on any atom is -0.457 e. The van der Waals surface area contributed by atoms with Crippen molar-refractivity contribution >= 4 is 18.1 Å². The molecule has 0 fully saturated rings. The zero-order chi connectivity index (χ0) is 22.2. The minimum absolute atomic E-state index is 0.236. The van der Waals surface area contributed by atoms with E-state index in [0.717, 1.165) is 16.8 Å². The van der Waals surface area contributed by atoms with Crippen molar-refractivity contribution in [2.24, 2.45) is 0 Å². The number of rotatable bonds is 7. The van der Waals surface area contributed by atoms with E-state index in [1.807, 2.05) is 54.6 Å². The van der Waals surface area contributed by atoms with Crippen molar-refractivity contribution in [3.8, 4) is 11.5 Å². The first-order valence-corrected chi connectivity index (χ1v) is 10.0. The molecule has 1 amide bonds. The quantitative estimate of drug-likeness (QED) is 0.424. The van der Waals surface area contributed by atoms with Crippen molar-refractivity contribution in [3.63, 3.8) is 0 Å². The van der Waals surface area contributed by atoms with Gasteiger partial charge in [0.05, 0.1) is 5.69 Å². The van der Waals surface area contributed by atoms with Gasteiger partial charge in [-0.2, -0.15) is 0 Å². The molecule has 0 aliphatic heterocycles. The predicted octanol–water partition coefficient (Wildman–Crippen LogP) is 5.51. The highest BCUT2D eigenvalue weighted by atomic mass is 19.1. The lowest BCUT2D eigenvalue weighted by Crippen LogP contribution is -2.23. The van der Waals surface area contributed by atoms with Crippen molar-refractivity contribution in [2.75, 3.05) is 0 Å². The molecule has 2 heterocycles. The molecule has 4 rings (SSSR count). The Balaban J connectivity index is 1.36. The molecule has 2 aromatic heterocycles. The van der Waals surface area contributed by atoms with Gasteiger partial charge in [-0.1, -0.05) is 36.4 Å². The maximum absolute atomic E-state index is 13.0. The van der Waals surface area contributed by atoms with Gasteiger partial charge in [0.2, 0.25) is 0 Å². The van der Waals surface area contributed by atoms with Crippen LogP contribution in [0.2, 0.25) is 0 Å². The number of pyridine rings is 2. The summed E-state index contributed by atoms with van der Waals surface area (Å²) in [5.41, 5.74) is 2.93. The van der Waals surface area contributed by atoms with Crippen LogP contribution in [0.4, 0.5) is 4.39 Å². The molecule has 0 bridgehead atoms. The second-order valence-corrected chi connectivity index (χ2v) is 6.94. The largest absolute Gasteiger partial charge is 0.457 e. The summed E-state index contributed by atoms with van der Waals surface area (Å²) >= 11 is 0. The molecule has 1 N–H and O–H groups in total. The van der Waals surface area contributed by atoms with Crippen LogP contribution < -0.4 is 10.1 Å². The number of hydrogen-bond donors (Lipinski definition) is 1. The van der Waals surface area contributed by atoms with Gasteiger partial charge < -0.3 is 10.1 Å². The first kappa shape index (κ1) is 20.9. The molecule has 0 saturated heterocycles. The van der Waals surface area contributed by atoms with Crippen molar-refractivity contribution in [1.82, 2.24) is 15.3 Å². The van der Waals surface area contributed by atoms with E-state index in [1.165, 1.54) is 18.3 Å². The van der Waals surface area contributed by atoms with Gasteiger partial charge in [-0.15, -0.1) is 0 Å². The maximum atomic E-state index is 13.0. The average Bonchev–Trinajstić information content (AvgIpc) is 2.84. The number of nitrogens with one attached hydrogen (secondary N) is 1. The molecule has 6 heteroatoms. The summed E-state index contributed by atoms with van der Waals surface area (Å²) in [7, 11) is 0. The first-order chi connectivity index (χ1) is 15.7. The number of benzene rings is 2. The zero-order valence-corrected chi connectivity index (χ0v) is 17.1. The Morgan fingerprint density at radius 3 is 2.44 bits per heavy atom. The molecule has 0 spiro atoms. The summed E-state index contributed by atoms with van der Waals surface area (Å²) in [6.07, 6.45) is 7.19. The molecule has 5 nitrogen and oxygen atoms in total. The summed E-state index contributed by atoms with van der Waals surface area (Å²) in [6.45, 7) is 0.277. The third kappa shape index (κ3) is 5.86. The van der Waals surface area contributed by atoms with Gasteiger partial charge in [0.1, 0.15) is 23.0 Å². The fraction of sp³-hybridized carbons (Fsp3) is 0.0385. The topological polar surface area (TPSA) is 64.1 Å². The lowest BCUT2D eigenvalue weighted by atomic mass is 10.2. The summed E-state index contributed by atoms with van der Waals surface area (Å²) in [4.78, 5) is 20.8. The SMILES string of the molecule is O=C(NCc1ccc(F)cc1)c1cc(Oc2ccc(/C=C/c3ccccn3)cc2)ccn1. The van der Waals surface area contributed by atoms with E-state index in [1.54, 1.807) is 30.5 Å². The highest BCUT2D eigenvalue weighted by molar-refractivity contribution is 5.92. The van der Waals surface area contributed by atoms with E-state index < -0.39 is 0 Å². The molecule has 32 heavy (non-hydrogen) atoms. The van der Waals surface area contributed by atoms with E-state index in [2.05, 4.69) is 15.3 Å². The van der Waals surface area contributed by atoms with Crippen LogP contribution in [0, 0.1) is 5.82 Å². The number of halogens is 1. The average molecular weight is 425 g/mol. The molecule has 0 radical (unpaired) electrons. The van der Waals surface area contributed by atoms with Gasteiger partial charge in [-0.05, 0) is 59.7 Å². The Kier molecular flexibility index (Phi) is 6.63. The van der Waals surface area contributed by atoms with Gasteiger partial charge in [0.25, 0.3) is 5.91 Å². The lowest BCUT2D eigenvalue weighted by molar-refractivity contribution is 0.0945. The van der Waals surface area contributed by atoms with Gasteiger partial charge in [0.15, 0.2) is 0 Å².